The summed E-state index contributed by atoms with van der Waals surface area (Å²) >= 11 is 7.40. The highest BCUT2D eigenvalue weighted by Crippen LogP contribution is 2.41. The minimum atomic E-state index is -5.10. The molecule has 0 saturated heterocycles. The van der Waals surface area contributed by atoms with Crippen molar-refractivity contribution < 1.29 is 23.1 Å². The zero-order chi connectivity index (χ0) is 22.1. The number of imidazole rings is 1. The van der Waals surface area contributed by atoms with Gasteiger partial charge < -0.3 is 15.0 Å². The first-order valence-electron chi connectivity index (χ1n) is 8.76. The molecule has 0 bridgehead atoms. The Morgan fingerprint density at radius 3 is 2.70 bits per heavy atom. The summed E-state index contributed by atoms with van der Waals surface area (Å²) in [4.78, 5) is 20.7. The Morgan fingerprint density at radius 2 is 2.07 bits per heavy atom. The van der Waals surface area contributed by atoms with Gasteiger partial charge >= 0.3 is 6.18 Å². The number of hydrogen-bond acceptors (Lipinski definition) is 5. The molecule has 1 atom stereocenters. The third kappa shape index (κ3) is 4.50. The molecule has 0 fully saturated rings. The van der Waals surface area contributed by atoms with Crippen LogP contribution in [0.1, 0.15) is 28.2 Å². The molecule has 0 radical (unpaired) electrons. The average molecular weight is 459 g/mol. The maximum atomic E-state index is 13.6. The normalized spacial score (nSPS) is 13.8. The Kier molecular flexibility index (Phi) is 6.21. The second kappa shape index (κ2) is 8.37. The number of hydrogen-bond donors (Lipinski definition) is 2. The molecule has 2 N–H and O–H groups in total. The van der Waals surface area contributed by atoms with Crippen LogP contribution < -0.4 is 5.32 Å². The van der Waals surface area contributed by atoms with E-state index in [9.17, 15) is 23.1 Å². The Morgan fingerprint density at radius 1 is 1.33 bits per heavy atom. The van der Waals surface area contributed by atoms with E-state index in [-0.39, 0.29) is 5.13 Å². The minimum Gasteiger partial charge on any atom is -0.374 e. The summed E-state index contributed by atoms with van der Waals surface area (Å²) < 4.78 is 41.7. The Bertz CT molecular complexity index is 1070. The van der Waals surface area contributed by atoms with Crippen LogP contribution in [-0.4, -0.2) is 31.7 Å². The van der Waals surface area contributed by atoms with E-state index < -0.39 is 29.9 Å². The van der Waals surface area contributed by atoms with Crippen LogP contribution in [0.4, 0.5) is 18.3 Å². The van der Waals surface area contributed by atoms with Gasteiger partial charge in [0.25, 0.3) is 0 Å². The number of carbonyl (C=O) groups is 1. The van der Waals surface area contributed by atoms with Gasteiger partial charge in [-0.15, -0.1) is 11.3 Å². The number of benzene rings is 1. The molecule has 0 aliphatic heterocycles. The molecular formula is C19H18ClF3N4O2S. The van der Waals surface area contributed by atoms with Crippen LogP contribution in [0.25, 0.3) is 0 Å². The number of nitrogens with zero attached hydrogens (tertiary/aromatic N) is 3. The highest BCUT2D eigenvalue weighted by molar-refractivity contribution is 7.15. The molecule has 2 heterocycles. The fourth-order valence-electron chi connectivity index (χ4n) is 2.95. The number of aromatic nitrogens is 3. The topological polar surface area (TPSA) is 80.0 Å². The van der Waals surface area contributed by atoms with Crippen molar-refractivity contribution in [3.05, 3.63) is 63.6 Å². The summed E-state index contributed by atoms with van der Waals surface area (Å²) in [5, 5.41) is 13.4. The lowest BCUT2D eigenvalue weighted by Gasteiger charge is -2.29. The largest absolute Gasteiger partial charge is 0.425 e. The molecule has 6 nitrogen and oxygen atoms in total. The van der Waals surface area contributed by atoms with Gasteiger partial charge in [0.2, 0.25) is 11.5 Å². The maximum absolute atomic E-state index is 13.6. The fourth-order valence-corrected chi connectivity index (χ4v) is 3.99. The molecule has 1 aromatic carbocycles. The number of amides is 1. The SMILES string of the molecule is Cc1cccc(Cc2cnc(NC(=O)CC(O)(c3nccn3C)C(F)(F)F)s2)c1Cl. The van der Waals surface area contributed by atoms with Crippen molar-refractivity contribution in [2.24, 2.45) is 7.05 Å². The van der Waals surface area contributed by atoms with Crippen molar-refractivity contribution in [2.75, 3.05) is 5.32 Å². The highest BCUT2D eigenvalue weighted by Gasteiger charge is 2.58. The van der Waals surface area contributed by atoms with Crippen molar-refractivity contribution in [3.8, 4) is 0 Å². The van der Waals surface area contributed by atoms with Gasteiger partial charge in [-0.05, 0) is 18.1 Å². The maximum Gasteiger partial charge on any atom is 0.425 e. The van der Waals surface area contributed by atoms with E-state index in [2.05, 4.69) is 15.3 Å². The second-order valence-electron chi connectivity index (χ2n) is 6.80. The number of aliphatic hydroxyl groups is 1. The lowest BCUT2D eigenvalue weighted by Crippen LogP contribution is -2.46. The standard InChI is InChI=1S/C19H18ClF3N4O2S/c1-11-4-3-5-12(15(11)20)8-13-10-25-17(30-13)26-14(28)9-18(29,19(21,22)23)16-24-6-7-27(16)2/h3-7,10,29H,8-9H2,1-2H3,(H,25,26,28). The molecule has 2 aromatic heterocycles. The first-order chi connectivity index (χ1) is 14.0. The van der Waals surface area contributed by atoms with Gasteiger partial charge in [0, 0.05) is 42.0 Å². The number of alkyl halides is 3. The number of anilines is 1. The molecule has 30 heavy (non-hydrogen) atoms. The third-order valence-electron chi connectivity index (χ3n) is 4.51. The lowest BCUT2D eigenvalue weighted by molar-refractivity contribution is -0.270. The summed E-state index contributed by atoms with van der Waals surface area (Å²) in [5.74, 6) is -1.70. The molecule has 160 valence electrons. The fraction of sp³-hybridized carbons (Fsp3) is 0.316. The van der Waals surface area contributed by atoms with E-state index in [0.29, 0.717) is 11.4 Å². The van der Waals surface area contributed by atoms with Gasteiger partial charge in [-0.1, -0.05) is 29.8 Å². The Balaban J connectivity index is 1.73. The van der Waals surface area contributed by atoms with E-state index in [1.54, 1.807) is 0 Å². The number of halogens is 4. The smallest absolute Gasteiger partial charge is 0.374 e. The summed E-state index contributed by atoms with van der Waals surface area (Å²) in [6.45, 7) is 1.88. The van der Waals surface area contributed by atoms with Gasteiger partial charge in [-0.25, -0.2) is 9.97 Å². The number of rotatable bonds is 6. The Labute approximate surface area is 179 Å². The van der Waals surface area contributed by atoms with Crippen molar-refractivity contribution in [2.45, 2.75) is 31.5 Å². The molecule has 0 saturated carbocycles. The molecule has 1 unspecified atom stereocenters. The number of aryl methyl sites for hydroxylation is 2. The number of carbonyl (C=O) groups excluding carboxylic acids is 1. The van der Waals surface area contributed by atoms with Crippen LogP contribution in [0.3, 0.4) is 0 Å². The minimum absolute atomic E-state index is 0.128. The summed E-state index contributed by atoms with van der Waals surface area (Å²) in [5.41, 5.74) is -1.63. The predicted octanol–water partition coefficient (Wildman–Crippen LogP) is 4.21. The van der Waals surface area contributed by atoms with Crippen LogP contribution >= 0.6 is 22.9 Å². The van der Waals surface area contributed by atoms with Crippen LogP contribution in [-0.2, 0) is 23.9 Å². The molecule has 0 spiro atoms. The van der Waals surface area contributed by atoms with Crippen LogP contribution in [0.15, 0.2) is 36.8 Å². The molecule has 11 heteroatoms. The van der Waals surface area contributed by atoms with Gasteiger partial charge in [-0.2, -0.15) is 13.2 Å². The third-order valence-corrected chi connectivity index (χ3v) is 5.97. The quantitative estimate of drug-likeness (QED) is 0.580. The van der Waals surface area contributed by atoms with Crippen molar-refractivity contribution in [1.29, 1.82) is 0 Å². The Hall–Kier alpha value is -2.43. The summed E-state index contributed by atoms with van der Waals surface area (Å²) in [6, 6.07) is 5.62. The van der Waals surface area contributed by atoms with Gasteiger partial charge in [-0.3, -0.25) is 4.79 Å². The lowest BCUT2D eigenvalue weighted by atomic mass is 9.97. The molecule has 0 aliphatic rings. The van der Waals surface area contributed by atoms with Crippen molar-refractivity contribution >= 4 is 34.0 Å². The van der Waals surface area contributed by atoms with Crippen LogP contribution in [0.2, 0.25) is 5.02 Å². The monoisotopic (exact) mass is 458 g/mol. The van der Waals surface area contributed by atoms with Crippen LogP contribution in [0, 0.1) is 6.92 Å². The first kappa shape index (κ1) is 22.3. The molecular weight excluding hydrogens is 441 g/mol. The van der Waals surface area contributed by atoms with E-state index in [0.717, 1.165) is 38.1 Å². The summed E-state index contributed by atoms with van der Waals surface area (Å²) in [7, 11) is 1.31. The first-order valence-corrected chi connectivity index (χ1v) is 9.96. The van der Waals surface area contributed by atoms with Crippen LogP contribution in [0.5, 0.6) is 0 Å². The summed E-state index contributed by atoms with van der Waals surface area (Å²) in [6.07, 6.45) is -1.98. The van der Waals surface area contributed by atoms with Crippen molar-refractivity contribution in [3.63, 3.8) is 0 Å². The zero-order valence-corrected chi connectivity index (χ0v) is 17.6. The zero-order valence-electron chi connectivity index (χ0n) is 16.0. The molecule has 3 aromatic rings. The number of nitrogens with one attached hydrogen (secondary N) is 1. The van der Waals surface area contributed by atoms with Crippen molar-refractivity contribution in [1.82, 2.24) is 14.5 Å². The molecule has 3 rings (SSSR count). The predicted molar refractivity (Wildman–Crippen MR) is 108 cm³/mol. The average Bonchev–Trinajstić information content (AvgIpc) is 3.27. The highest BCUT2D eigenvalue weighted by atomic mass is 35.5. The molecule has 0 aliphatic carbocycles. The van der Waals surface area contributed by atoms with E-state index >= 15 is 0 Å². The van der Waals surface area contributed by atoms with E-state index in [1.165, 1.54) is 19.4 Å². The van der Waals surface area contributed by atoms with Gasteiger partial charge in [0.15, 0.2) is 11.0 Å². The second-order valence-corrected chi connectivity index (χ2v) is 8.29. The molecule has 1 amide bonds. The number of thiazole rings is 1. The van der Waals surface area contributed by atoms with E-state index in [4.69, 9.17) is 11.6 Å². The van der Waals surface area contributed by atoms with Gasteiger partial charge in [0.1, 0.15) is 0 Å². The van der Waals surface area contributed by atoms with E-state index in [1.807, 2.05) is 25.1 Å². The van der Waals surface area contributed by atoms with Gasteiger partial charge in [0.05, 0.1) is 6.42 Å².